The van der Waals surface area contributed by atoms with E-state index >= 15 is 0 Å². The Kier molecular flexibility index (Phi) is 3.92. The van der Waals surface area contributed by atoms with Gasteiger partial charge in [0.25, 0.3) is 0 Å². The molecule has 9 heteroatoms. The zero-order valence-corrected chi connectivity index (χ0v) is 8.71. The van der Waals surface area contributed by atoms with Crippen LogP contribution in [0.15, 0.2) is 18.3 Å². The van der Waals surface area contributed by atoms with Crippen LogP contribution in [0.3, 0.4) is 0 Å². The van der Waals surface area contributed by atoms with Crippen molar-refractivity contribution in [1.29, 1.82) is 0 Å². The lowest BCUT2D eigenvalue weighted by atomic mass is 10.3. The Morgan fingerprint density at radius 2 is 1.56 bits per heavy atom. The largest absolute Gasteiger partial charge is 0.474 e. The van der Waals surface area contributed by atoms with Crippen molar-refractivity contribution in [1.82, 2.24) is 4.98 Å². The minimum absolute atomic E-state index is 0.125. The number of nitrogens with zero attached hydrogens (tertiary/aromatic N) is 1. The Morgan fingerprint density at radius 1 is 1.00 bits per heavy atom. The molecule has 0 bridgehead atoms. The summed E-state index contributed by atoms with van der Waals surface area (Å²) in [5, 5.41) is 20.6. The number of hydrogen-bond donors (Lipinski definition) is 4. The van der Waals surface area contributed by atoms with Crippen molar-refractivity contribution in [2.45, 2.75) is 0 Å². The molecule has 94 valence electrons. The van der Waals surface area contributed by atoms with Crippen LogP contribution in [0.2, 0.25) is 0 Å². The van der Waals surface area contributed by atoms with Gasteiger partial charge in [-0.25, -0.2) is 14.6 Å². The molecule has 2 amide bonds. The van der Waals surface area contributed by atoms with Gasteiger partial charge in [0.2, 0.25) is 0 Å². The summed E-state index contributed by atoms with van der Waals surface area (Å²) in [6.45, 7) is 0. The highest BCUT2D eigenvalue weighted by molar-refractivity contribution is 6.38. The molecule has 0 saturated heterocycles. The molecule has 0 atom stereocenters. The Bertz CT molecular complexity index is 480. The first kappa shape index (κ1) is 13.1. The first-order chi connectivity index (χ1) is 8.41. The predicted octanol–water partition coefficient (Wildman–Crippen LogP) is -0.872. The third kappa shape index (κ3) is 3.27. The SMILES string of the molecule is O=C(O)C(=O)Nc1cccnc1NC(=O)C(=O)O. The third-order valence-corrected chi connectivity index (χ3v) is 1.68. The molecule has 4 N–H and O–H groups in total. The Hall–Kier alpha value is -2.97. The molecule has 0 unspecified atom stereocenters. The predicted molar refractivity (Wildman–Crippen MR) is 56.8 cm³/mol. The highest BCUT2D eigenvalue weighted by atomic mass is 16.4. The molecule has 0 spiro atoms. The van der Waals surface area contributed by atoms with Crippen LogP contribution in [0, 0.1) is 0 Å². The number of pyridine rings is 1. The van der Waals surface area contributed by atoms with Crippen molar-refractivity contribution in [3.05, 3.63) is 18.3 Å². The number of anilines is 2. The number of aromatic nitrogens is 1. The molecule has 0 aliphatic heterocycles. The van der Waals surface area contributed by atoms with E-state index in [-0.39, 0.29) is 11.5 Å². The molecular weight excluding hydrogens is 246 g/mol. The lowest BCUT2D eigenvalue weighted by Crippen LogP contribution is -2.26. The molecule has 0 saturated carbocycles. The standard InChI is InChI=1S/C9H7N3O6/c13-6(8(15)16)11-4-2-1-3-10-5(4)12-7(14)9(17)18/h1-3H,(H,11,13)(H,15,16)(H,17,18)(H,10,12,14). The summed E-state index contributed by atoms with van der Waals surface area (Å²) in [6, 6.07) is 2.62. The van der Waals surface area contributed by atoms with Crippen molar-refractivity contribution in [3.63, 3.8) is 0 Å². The smallest absolute Gasteiger partial charge is 0.394 e. The summed E-state index contributed by atoms with van der Waals surface area (Å²) in [5.41, 5.74) is -0.125. The monoisotopic (exact) mass is 253 g/mol. The number of carbonyl (C=O) groups excluding carboxylic acids is 2. The van der Waals surface area contributed by atoms with E-state index in [1.54, 1.807) is 0 Å². The summed E-state index contributed by atoms with van der Waals surface area (Å²) >= 11 is 0. The molecule has 0 fully saturated rings. The maximum Gasteiger partial charge on any atom is 0.394 e. The van der Waals surface area contributed by atoms with Gasteiger partial charge in [-0.2, -0.15) is 0 Å². The van der Waals surface area contributed by atoms with Crippen LogP contribution >= 0.6 is 0 Å². The van der Waals surface area contributed by atoms with E-state index in [1.807, 2.05) is 10.6 Å². The number of hydrogen-bond acceptors (Lipinski definition) is 5. The molecular formula is C9H7N3O6. The maximum absolute atomic E-state index is 10.9. The number of nitrogens with one attached hydrogen (secondary N) is 2. The summed E-state index contributed by atoms with van der Waals surface area (Å²) < 4.78 is 0. The van der Waals surface area contributed by atoms with E-state index < -0.39 is 23.8 Å². The van der Waals surface area contributed by atoms with Crippen LogP contribution in [0.1, 0.15) is 0 Å². The first-order valence-corrected chi connectivity index (χ1v) is 4.45. The lowest BCUT2D eigenvalue weighted by Gasteiger charge is -2.08. The van der Waals surface area contributed by atoms with E-state index in [4.69, 9.17) is 10.2 Å². The zero-order chi connectivity index (χ0) is 13.7. The van der Waals surface area contributed by atoms with Gasteiger partial charge in [-0.3, -0.25) is 14.9 Å². The Labute approximate surface area is 99.4 Å². The van der Waals surface area contributed by atoms with Crippen LogP contribution in [-0.4, -0.2) is 39.0 Å². The summed E-state index contributed by atoms with van der Waals surface area (Å²) in [6.07, 6.45) is 1.23. The van der Waals surface area contributed by atoms with E-state index in [0.717, 1.165) is 0 Å². The minimum Gasteiger partial charge on any atom is -0.474 e. The summed E-state index contributed by atoms with van der Waals surface area (Å²) in [5.74, 6) is -6.43. The van der Waals surface area contributed by atoms with Crippen molar-refractivity contribution >= 4 is 35.3 Å². The molecule has 0 radical (unpaired) electrons. The van der Waals surface area contributed by atoms with Crippen LogP contribution in [0.5, 0.6) is 0 Å². The van der Waals surface area contributed by atoms with Gasteiger partial charge in [-0.05, 0) is 12.1 Å². The van der Waals surface area contributed by atoms with Gasteiger partial charge in [0, 0.05) is 6.20 Å². The van der Waals surface area contributed by atoms with E-state index in [0.29, 0.717) is 0 Å². The van der Waals surface area contributed by atoms with Crippen molar-refractivity contribution < 1.29 is 29.4 Å². The number of carbonyl (C=O) groups is 4. The van der Waals surface area contributed by atoms with Gasteiger partial charge in [-0.15, -0.1) is 0 Å². The van der Waals surface area contributed by atoms with Crippen molar-refractivity contribution in [2.24, 2.45) is 0 Å². The lowest BCUT2D eigenvalue weighted by molar-refractivity contribution is -0.147. The van der Waals surface area contributed by atoms with Gasteiger partial charge in [-0.1, -0.05) is 0 Å². The summed E-state index contributed by atoms with van der Waals surface area (Å²) in [7, 11) is 0. The first-order valence-electron chi connectivity index (χ1n) is 4.45. The second-order valence-corrected chi connectivity index (χ2v) is 2.92. The zero-order valence-electron chi connectivity index (χ0n) is 8.71. The van der Waals surface area contributed by atoms with Gasteiger partial charge in [0.15, 0.2) is 5.82 Å². The van der Waals surface area contributed by atoms with Crippen molar-refractivity contribution in [3.8, 4) is 0 Å². The van der Waals surface area contributed by atoms with E-state index in [1.165, 1.54) is 18.3 Å². The second kappa shape index (κ2) is 5.39. The molecule has 0 aromatic carbocycles. The van der Waals surface area contributed by atoms with Crippen LogP contribution < -0.4 is 10.6 Å². The molecule has 1 rings (SSSR count). The maximum atomic E-state index is 10.9. The molecule has 0 aliphatic carbocycles. The normalized spacial score (nSPS) is 9.33. The average molecular weight is 253 g/mol. The Morgan fingerprint density at radius 3 is 2.11 bits per heavy atom. The number of carboxylic acid groups (broad SMARTS) is 2. The topological polar surface area (TPSA) is 146 Å². The van der Waals surface area contributed by atoms with Crippen LogP contribution in [0.25, 0.3) is 0 Å². The molecule has 1 aromatic heterocycles. The van der Waals surface area contributed by atoms with Crippen molar-refractivity contribution in [2.75, 3.05) is 10.6 Å². The molecule has 0 aliphatic rings. The van der Waals surface area contributed by atoms with Gasteiger partial charge >= 0.3 is 23.8 Å². The van der Waals surface area contributed by atoms with E-state index in [9.17, 15) is 19.2 Å². The van der Waals surface area contributed by atoms with Crippen LogP contribution in [-0.2, 0) is 19.2 Å². The highest BCUT2D eigenvalue weighted by Gasteiger charge is 2.17. The van der Waals surface area contributed by atoms with Gasteiger partial charge in [0.1, 0.15) is 0 Å². The average Bonchev–Trinajstić information content (AvgIpc) is 2.31. The highest BCUT2D eigenvalue weighted by Crippen LogP contribution is 2.17. The van der Waals surface area contributed by atoms with E-state index in [2.05, 4.69) is 4.98 Å². The summed E-state index contributed by atoms with van der Waals surface area (Å²) in [4.78, 5) is 46.1. The fourth-order valence-corrected chi connectivity index (χ4v) is 0.943. The molecule has 1 heterocycles. The minimum atomic E-state index is -1.74. The third-order valence-electron chi connectivity index (χ3n) is 1.68. The number of amides is 2. The number of rotatable bonds is 2. The number of carboxylic acids is 2. The molecule has 18 heavy (non-hydrogen) atoms. The molecule has 1 aromatic rings. The van der Waals surface area contributed by atoms with Crippen LogP contribution in [0.4, 0.5) is 11.5 Å². The second-order valence-electron chi connectivity index (χ2n) is 2.92. The fourth-order valence-electron chi connectivity index (χ4n) is 0.943. The van der Waals surface area contributed by atoms with Gasteiger partial charge < -0.3 is 15.5 Å². The quantitative estimate of drug-likeness (QED) is 0.501. The number of aliphatic carboxylic acids is 2. The molecule has 9 nitrogen and oxygen atoms in total. The Balaban J connectivity index is 2.93. The van der Waals surface area contributed by atoms with Gasteiger partial charge in [0.05, 0.1) is 5.69 Å². The fraction of sp³-hybridized carbons (Fsp3) is 0.